The third-order valence-electron chi connectivity index (χ3n) is 4.37. The molecule has 3 rings (SSSR count). The highest BCUT2D eigenvalue weighted by atomic mass is 35.5. The Labute approximate surface area is 183 Å². The Morgan fingerprint density at radius 2 is 2.10 bits per heavy atom. The minimum atomic E-state index is -4.88. The van der Waals surface area contributed by atoms with Crippen molar-refractivity contribution in [2.24, 2.45) is 0 Å². The lowest BCUT2D eigenvalue weighted by Crippen LogP contribution is -2.38. The second kappa shape index (κ2) is 9.02. The standard InChI is InChI=1S/C18H20ClNO9P2/c1-3-26-17(21)27-15-7-6-13(9-14(15)19)16-28-30(2,23)18(22,31(24,25)29-16)10-12-5-4-8-20-11-12/h4-9,11,16,22-23H,2-3,10H2,1H3,(H,24,25). The predicted octanol–water partition coefficient (Wildman–Crippen LogP) is 3.66. The van der Waals surface area contributed by atoms with Crippen LogP contribution in [0.2, 0.25) is 5.02 Å². The normalized spacial score (nSPS) is 30.5. The van der Waals surface area contributed by atoms with Gasteiger partial charge < -0.3 is 24.4 Å². The summed E-state index contributed by atoms with van der Waals surface area (Å²) < 4.78 is 33.1. The Morgan fingerprint density at radius 3 is 2.68 bits per heavy atom. The summed E-state index contributed by atoms with van der Waals surface area (Å²) in [6, 6.07) is 7.01. The Hall–Kier alpha value is -1.74. The smallest absolute Gasteiger partial charge is 0.434 e. The lowest BCUT2D eigenvalue weighted by molar-refractivity contribution is -0.0473. The molecule has 4 unspecified atom stereocenters. The molecule has 0 aliphatic carbocycles. The Kier molecular flexibility index (Phi) is 6.96. The van der Waals surface area contributed by atoms with E-state index in [1.807, 2.05) is 0 Å². The van der Waals surface area contributed by atoms with Gasteiger partial charge in [0.15, 0.2) is 19.4 Å². The van der Waals surface area contributed by atoms with E-state index >= 15 is 0 Å². The van der Waals surface area contributed by atoms with E-state index in [2.05, 4.69) is 16.0 Å². The zero-order valence-electron chi connectivity index (χ0n) is 16.3. The third kappa shape index (κ3) is 4.87. The van der Waals surface area contributed by atoms with Crippen molar-refractivity contribution in [1.29, 1.82) is 0 Å². The van der Waals surface area contributed by atoms with Crippen LogP contribution in [0.3, 0.4) is 0 Å². The van der Waals surface area contributed by atoms with Gasteiger partial charge in [-0.05, 0) is 37.0 Å². The molecule has 13 heteroatoms. The van der Waals surface area contributed by atoms with Crippen LogP contribution in [-0.4, -0.2) is 44.0 Å². The topological polar surface area (TPSA) is 145 Å². The maximum Gasteiger partial charge on any atom is 0.513 e. The third-order valence-corrected chi connectivity index (χ3v) is 9.72. The molecule has 0 amide bonds. The van der Waals surface area contributed by atoms with Gasteiger partial charge in [0.25, 0.3) is 0 Å². The van der Waals surface area contributed by atoms with Crippen LogP contribution >= 0.6 is 26.5 Å². The minimum absolute atomic E-state index is 0.0281. The zero-order valence-corrected chi connectivity index (χ0v) is 18.8. The quantitative estimate of drug-likeness (QED) is 0.322. The molecule has 0 spiro atoms. The minimum Gasteiger partial charge on any atom is -0.434 e. The fraction of sp³-hybridized carbons (Fsp3) is 0.278. The van der Waals surface area contributed by atoms with Crippen LogP contribution in [0.15, 0.2) is 42.7 Å². The fourth-order valence-electron chi connectivity index (χ4n) is 2.78. The van der Waals surface area contributed by atoms with Crippen LogP contribution < -0.4 is 4.74 Å². The molecule has 1 aromatic heterocycles. The molecule has 1 fully saturated rings. The van der Waals surface area contributed by atoms with Crippen molar-refractivity contribution >= 4 is 39.0 Å². The number of pyridine rings is 1. The monoisotopic (exact) mass is 491 g/mol. The van der Waals surface area contributed by atoms with Crippen molar-refractivity contribution in [2.45, 2.75) is 24.7 Å². The Morgan fingerprint density at radius 1 is 1.35 bits per heavy atom. The van der Waals surface area contributed by atoms with E-state index < -0.39 is 38.9 Å². The summed E-state index contributed by atoms with van der Waals surface area (Å²) in [5.41, 5.74) is 0.497. The summed E-state index contributed by atoms with van der Waals surface area (Å²) in [6.07, 6.45) is 3.36. The van der Waals surface area contributed by atoms with E-state index in [9.17, 15) is 24.3 Å². The SMILES string of the molecule is C=P1(O)OC(c2ccc(OC(=O)OCC)c(Cl)c2)OP(=O)(O)C1(O)Cc1cccnc1. The average Bonchev–Trinajstić information content (AvgIpc) is 2.68. The molecule has 0 saturated carbocycles. The molecule has 0 radical (unpaired) electrons. The number of carbonyl (C=O) groups excluding carboxylic acids is 1. The first-order chi connectivity index (χ1) is 14.5. The van der Waals surface area contributed by atoms with E-state index in [0.717, 1.165) is 0 Å². The first-order valence-corrected chi connectivity index (χ1v) is 12.7. The van der Waals surface area contributed by atoms with Crippen LogP contribution in [-0.2, 0) is 24.8 Å². The molecule has 1 aromatic carbocycles. The molecule has 1 saturated heterocycles. The Bertz CT molecular complexity index is 1040. The van der Waals surface area contributed by atoms with Gasteiger partial charge in [0.1, 0.15) is 0 Å². The number of ether oxygens (including phenoxy) is 2. The molecule has 2 aromatic rings. The van der Waals surface area contributed by atoms with Gasteiger partial charge in [0, 0.05) is 24.4 Å². The van der Waals surface area contributed by atoms with Crippen molar-refractivity contribution in [3.8, 4) is 5.75 Å². The first kappa shape index (κ1) is 23.9. The van der Waals surface area contributed by atoms with E-state index in [0.29, 0.717) is 5.56 Å². The molecule has 31 heavy (non-hydrogen) atoms. The number of nitrogens with zero attached hydrogens (tertiary/aromatic N) is 1. The maximum absolute atomic E-state index is 13.0. The summed E-state index contributed by atoms with van der Waals surface area (Å²) in [5, 5.41) is 8.22. The molecule has 168 valence electrons. The highest BCUT2D eigenvalue weighted by Gasteiger charge is 2.62. The van der Waals surface area contributed by atoms with Gasteiger partial charge >= 0.3 is 13.8 Å². The van der Waals surface area contributed by atoms with Gasteiger partial charge in [-0.1, -0.05) is 23.7 Å². The molecule has 1 aliphatic rings. The van der Waals surface area contributed by atoms with Crippen LogP contribution in [0.1, 0.15) is 24.3 Å². The highest BCUT2D eigenvalue weighted by molar-refractivity contribution is 7.78. The largest absolute Gasteiger partial charge is 0.513 e. The summed E-state index contributed by atoms with van der Waals surface area (Å²) in [7, 11) is -9.02. The van der Waals surface area contributed by atoms with E-state index in [1.54, 1.807) is 19.1 Å². The summed E-state index contributed by atoms with van der Waals surface area (Å²) in [5.74, 6) is -0.0281. The van der Waals surface area contributed by atoms with Crippen LogP contribution in [0.5, 0.6) is 5.75 Å². The second-order valence-electron chi connectivity index (χ2n) is 6.55. The molecule has 4 atom stereocenters. The summed E-state index contributed by atoms with van der Waals surface area (Å²) in [4.78, 5) is 36.6. The van der Waals surface area contributed by atoms with Crippen molar-refractivity contribution in [1.82, 2.24) is 4.98 Å². The second-order valence-corrected chi connectivity index (χ2v) is 11.7. The predicted molar refractivity (Wildman–Crippen MR) is 113 cm³/mol. The molecule has 1 aliphatic heterocycles. The van der Waals surface area contributed by atoms with Crippen LogP contribution in [0.4, 0.5) is 4.79 Å². The highest BCUT2D eigenvalue weighted by Crippen LogP contribution is 2.78. The number of hydrogen-bond donors (Lipinski definition) is 3. The van der Waals surface area contributed by atoms with E-state index in [4.69, 9.17) is 25.4 Å². The van der Waals surface area contributed by atoms with E-state index in [1.165, 1.54) is 30.6 Å². The molecule has 0 bridgehead atoms. The molecule has 3 N–H and O–H groups in total. The average molecular weight is 492 g/mol. The van der Waals surface area contributed by atoms with Gasteiger partial charge in [-0.15, -0.1) is 0 Å². The molecular formula is C18H20ClNO9P2. The summed E-state index contributed by atoms with van der Waals surface area (Å²) >= 11 is 6.10. The number of aromatic nitrogens is 1. The van der Waals surface area contributed by atoms with Crippen molar-refractivity contribution in [3.63, 3.8) is 0 Å². The molecule has 10 nitrogen and oxygen atoms in total. The number of rotatable bonds is 5. The molecular weight excluding hydrogens is 472 g/mol. The maximum atomic E-state index is 13.0. The van der Waals surface area contributed by atoms with Gasteiger partial charge in [0.2, 0.25) is 5.08 Å². The number of halogens is 1. The molecule has 2 heterocycles. The fourth-order valence-corrected chi connectivity index (χ4v) is 6.99. The zero-order chi connectivity index (χ0) is 22.9. The number of aliphatic hydroxyl groups is 1. The van der Waals surface area contributed by atoms with Crippen molar-refractivity contribution < 1.29 is 42.8 Å². The van der Waals surface area contributed by atoms with Crippen LogP contribution in [0.25, 0.3) is 0 Å². The van der Waals surface area contributed by atoms with Gasteiger partial charge in [-0.25, -0.2) is 4.79 Å². The van der Waals surface area contributed by atoms with Crippen LogP contribution in [0, 0.1) is 0 Å². The Balaban J connectivity index is 1.87. The van der Waals surface area contributed by atoms with Crippen molar-refractivity contribution in [2.75, 3.05) is 6.61 Å². The number of hydrogen-bond acceptors (Lipinski definition) is 9. The first-order valence-electron chi connectivity index (χ1n) is 8.90. The van der Waals surface area contributed by atoms with Gasteiger partial charge in [-0.2, -0.15) is 0 Å². The lowest BCUT2D eigenvalue weighted by Gasteiger charge is -2.45. The van der Waals surface area contributed by atoms with Gasteiger partial charge in [0.05, 0.1) is 11.6 Å². The number of benzene rings is 1. The van der Waals surface area contributed by atoms with Crippen molar-refractivity contribution in [3.05, 3.63) is 58.9 Å². The number of carbonyl (C=O) groups is 1. The van der Waals surface area contributed by atoms with Gasteiger partial charge in [-0.3, -0.25) is 18.6 Å². The van der Waals surface area contributed by atoms with E-state index in [-0.39, 0.29) is 22.9 Å². The lowest BCUT2D eigenvalue weighted by atomic mass is 10.2. The summed E-state index contributed by atoms with van der Waals surface area (Å²) in [6.45, 7) is 1.72.